The van der Waals surface area contributed by atoms with E-state index in [1.54, 1.807) is 33.8 Å². The van der Waals surface area contributed by atoms with Crippen molar-refractivity contribution < 1.29 is 18.3 Å². The molecule has 0 radical (unpaired) electrons. The lowest BCUT2D eigenvalue weighted by atomic mass is 10.2. The first kappa shape index (κ1) is 21.7. The van der Waals surface area contributed by atoms with Crippen molar-refractivity contribution in [1.82, 2.24) is 24.6 Å². The van der Waals surface area contributed by atoms with E-state index in [1.165, 1.54) is 12.5 Å². The molecule has 0 aliphatic carbocycles. The summed E-state index contributed by atoms with van der Waals surface area (Å²) in [6.07, 6.45) is -0.112. The molecule has 152 valence electrons. The molecule has 0 atom stereocenters. The molecule has 2 aromatic heterocycles. The molecule has 0 aliphatic rings. The fourth-order valence-corrected chi connectivity index (χ4v) is 2.68. The second-order valence-electron chi connectivity index (χ2n) is 6.95. The first-order valence-electron chi connectivity index (χ1n) is 8.25. The van der Waals surface area contributed by atoms with E-state index in [4.69, 9.17) is 4.74 Å². The Morgan fingerprint density at radius 2 is 2.04 bits per heavy atom. The van der Waals surface area contributed by atoms with Gasteiger partial charge in [0.2, 0.25) is 0 Å². The minimum Gasteiger partial charge on any atom is -0.444 e. The van der Waals surface area contributed by atoms with Crippen LogP contribution in [0.1, 0.15) is 26.3 Å². The predicted octanol–water partition coefficient (Wildman–Crippen LogP) is 3.18. The van der Waals surface area contributed by atoms with Gasteiger partial charge in [-0.15, -0.1) is 0 Å². The predicted molar refractivity (Wildman–Crippen MR) is 102 cm³/mol. The van der Waals surface area contributed by atoms with Crippen molar-refractivity contribution in [2.75, 3.05) is 6.54 Å². The zero-order valence-corrected chi connectivity index (χ0v) is 17.4. The van der Waals surface area contributed by atoms with Crippen LogP contribution in [0.25, 0.3) is 5.82 Å². The Bertz CT molecular complexity index is 958. The van der Waals surface area contributed by atoms with Gasteiger partial charge in [-0.1, -0.05) is 0 Å². The number of carbonyl (C=O) groups excluding carboxylic acids is 1. The molecule has 0 aromatic carbocycles. The highest BCUT2D eigenvalue weighted by Crippen LogP contribution is 2.15. The number of aryl methyl sites for hydroxylation is 1. The van der Waals surface area contributed by atoms with Crippen LogP contribution >= 0.6 is 15.9 Å². The molecule has 0 saturated carbocycles. The number of hydrogen-bond donors (Lipinski definition) is 1. The minimum absolute atomic E-state index is 0.345. The number of halogens is 3. The SMILES string of the molecule is Cc1cc(Br)cnc1-n1cnn(CC(CNC(=O)OC(C)(C)C)=C(F)F)c1=O. The molecule has 2 heterocycles. The molecular weight excluding hydrogens is 440 g/mol. The lowest BCUT2D eigenvalue weighted by Crippen LogP contribution is -2.35. The van der Waals surface area contributed by atoms with Crippen LogP contribution in [0.5, 0.6) is 0 Å². The zero-order valence-electron chi connectivity index (χ0n) is 15.8. The fourth-order valence-electron chi connectivity index (χ4n) is 2.23. The van der Waals surface area contributed by atoms with Gasteiger partial charge in [0.05, 0.1) is 6.54 Å². The van der Waals surface area contributed by atoms with Gasteiger partial charge in [-0.25, -0.2) is 23.8 Å². The van der Waals surface area contributed by atoms with Gasteiger partial charge in [-0.2, -0.15) is 13.9 Å². The summed E-state index contributed by atoms with van der Waals surface area (Å²) in [7, 11) is 0. The molecule has 2 aromatic rings. The number of nitrogens with zero attached hydrogens (tertiary/aromatic N) is 4. The summed E-state index contributed by atoms with van der Waals surface area (Å²) in [5.74, 6) is 0.345. The Balaban J connectivity index is 2.17. The van der Waals surface area contributed by atoms with Crippen molar-refractivity contribution in [3.63, 3.8) is 0 Å². The van der Waals surface area contributed by atoms with E-state index in [0.29, 0.717) is 11.4 Å². The average molecular weight is 460 g/mol. The first-order chi connectivity index (χ1) is 13.0. The van der Waals surface area contributed by atoms with Crippen LogP contribution in [0.4, 0.5) is 13.6 Å². The van der Waals surface area contributed by atoms with E-state index in [1.807, 2.05) is 0 Å². The topological polar surface area (TPSA) is 91.0 Å². The van der Waals surface area contributed by atoms with E-state index in [0.717, 1.165) is 13.7 Å². The lowest BCUT2D eigenvalue weighted by Gasteiger charge is -2.19. The standard InChI is InChI=1S/C17H20BrF2N5O3/c1-10-5-12(18)7-21-14(10)24-9-23-25(16(24)27)8-11(13(19)20)6-22-15(26)28-17(2,3)4/h5,7,9H,6,8H2,1-4H3,(H,22,26). The molecule has 1 N–H and O–H groups in total. The molecule has 28 heavy (non-hydrogen) atoms. The quantitative estimate of drug-likeness (QED) is 0.741. The summed E-state index contributed by atoms with van der Waals surface area (Å²) in [4.78, 5) is 28.3. The van der Waals surface area contributed by atoms with E-state index in [-0.39, 0.29) is 0 Å². The lowest BCUT2D eigenvalue weighted by molar-refractivity contribution is 0.0531. The second-order valence-corrected chi connectivity index (χ2v) is 7.87. The van der Waals surface area contributed by atoms with E-state index in [9.17, 15) is 18.4 Å². The van der Waals surface area contributed by atoms with Crippen LogP contribution in [0.2, 0.25) is 0 Å². The van der Waals surface area contributed by atoms with Gasteiger partial charge < -0.3 is 10.1 Å². The van der Waals surface area contributed by atoms with Crippen LogP contribution in [-0.4, -0.2) is 37.6 Å². The fraction of sp³-hybridized carbons (Fsp3) is 0.412. The van der Waals surface area contributed by atoms with Crippen molar-refractivity contribution >= 4 is 22.0 Å². The highest BCUT2D eigenvalue weighted by atomic mass is 79.9. The zero-order chi connectivity index (χ0) is 21.1. The van der Waals surface area contributed by atoms with Crippen molar-refractivity contribution in [2.45, 2.75) is 39.8 Å². The summed E-state index contributed by atoms with van der Waals surface area (Å²) in [5, 5.41) is 6.12. The molecule has 1 amide bonds. The van der Waals surface area contributed by atoms with Gasteiger partial charge >= 0.3 is 11.8 Å². The number of rotatable bonds is 5. The molecule has 2 rings (SSSR count). The van der Waals surface area contributed by atoms with Gasteiger partial charge in [0.1, 0.15) is 17.7 Å². The molecule has 0 unspecified atom stereocenters. The Morgan fingerprint density at radius 3 is 2.61 bits per heavy atom. The third-order valence-electron chi connectivity index (χ3n) is 3.43. The molecular formula is C17H20BrF2N5O3. The second kappa shape index (κ2) is 8.63. The largest absolute Gasteiger partial charge is 0.444 e. The number of ether oxygens (including phenoxy) is 1. The number of aromatic nitrogens is 4. The van der Waals surface area contributed by atoms with Crippen LogP contribution in [0.15, 0.2) is 39.5 Å². The van der Waals surface area contributed by atoms with Crippen molar-refractivity contribution in [1.29, 1.82) is 0 Å². The molecule has 11 heteroatoms. The number of pyridine rings is 1. The average Bonchev–Trinajstić information content (AvgIpc) is 2.90. The Hall–Kier alpha value is -2.56. The monoisotopic (exact) mass is 459 g/mol. The van der Waals surface area contributed by atoms with Crippen LogP contribution in [0.3, 0.4) is 0 Å². The van der Waals surface area contributed by atoms with Gasteiger partial charge in [0, 0.05) is 22.8 Å². The minimum atomic E-state index is -2.00. The molecule has 8 nitrogen and oxygen atoms in total. The number of nitrogens with one attached hydrogen (secondary N) is 1. The maximum Gasteiger partial charge on any atom is 0.407 e. The van der Waals surface area contributed by atoms with Crippen LogP contribution in [0, 0.1) is 6.92 Å². The smallest absolute Gasteiger partial charge is 0.407 e. The number of hydrogen-bond acceptors (Lipinski definition) is 5. The van der Waals surface area contributed by atoms with E-state index in [2.05, 4.69) is 31.3 Å². The third kappa shape index (κ3) is 5.72. The maximum atomic E-state index is 13.3. The van der Waals surface area contributed by atoms with Crippen molar-refractivity contribution in [3.8, 4) is 5.82 Å². The highest BCUT2D eigenvalue weighted by Gasteiger charge is 2.18. The van der Waals surface area contributed by atoms with Gasteiger partial charge in [-0.05, 0) is 55.3 Å². The maximum absolute atomic E-state index is 13.3. The summed E-state index contributed by atoms with van der Waals surface area (Å²) in [5.41, 5.74) is -1.14. The number of amides is 1. The number of carbonyl (C=O) groups is 1. The molecule has 0 fully saturated rings. The molecule has 0 spiro atoms. The normalized spacial score (nSPS) is 11.2. The Kier molecular flexibility index (Phi) is 6.70. The van der Waals surface area contributed by atoms with Gasteiger partial charge in [0.15, 0.2) is 0 Å². The third-order valence-corrected chi connectivity index (χ3v) is 3.87. The Morgan fingerprint density at radius 1 is 1.36 bits per heavy atom. The van der Waals surface area contributed by atoms with E-state index < -0.39 is 42.1 Å². The summed E-state index contributed by atoms with van der Waals surface area (Å²) in [6.45, 7) is 5.76. The molecule has 0 saturated heterocycles. The van der Waals surface area contributed by atoms with Gasteiger partial charge in [0.25, 0.3) is 6.08 Å². The van der Waals surface area contributed by atoms with Crippen molar-refractivity contribution in [2.24, 2.45) is 0 Å². The highest BCUT2D eigenvalue weighted by molar-refractivity contribution is 9.10. The van der Waals surface area contributed by atoms with E-state index >= 15 is 0 Å². The van der Waals surface area contributed by atoms with Crippen LogP contribution < -0.4 is 11.0 Å². The summed E-state index contributed by atoms with van der Waals surface area (Å²) >= 11 is 3.28. The summed E-state index contributed by atoms with van der Waals surface area (Å²) < 4.78 is 34.3. The van der Waals surface area contributed by atoms with Crippen LogP contribution in [-0.2, 0) is 11.3 Å². The number of alkyl carbamates (subject to hydrolysis) is 1. The van der Waals surface area contributed by atoms with Gasteiger partial charge in [-0.3, -0.25) is 0 Å². The molecule has 0 aliphatic heterocycles. The summed E-state index contributed by atoms with van der Waals surface area (Å²) in [6, 6.07) is 1.77. The Labute approximate surface area is 168 Å². The first-order valence-corrected chi connectivity index (χ1v) is 9.04. The molecule has 0 bridgehead atoms. The van der Waals surface area contributed by atoms with Crippen molar-refractivity contribution in [3.05, 3.63) is 50.8 Å².